The number of urea groups is 1. The lowest BCUT2D eigenvalue weighted by Gasteiger charge is -2.32. The summed E-state index contributed by atoms with van der Waals surface area (Å²) in [4.78, 5) is 14.3. The van der Waals surface area contributed by atoms with Crippen LogP contribution in [-0.4, -0.2) is 23.0 Å². The van der Waals surface area contributed by atoms with Gasteiger partial charge in [-0.3, -0.25) is 5.32 Å². The Morgan fingerprint density at radius 3 is 1.61 bits per heavy atom. The van der Waals surface area contributed by atoms with Gasteiger partial charge in [-0.1, -0.05) is 72.8 Å². The molecule has 2 amide bonds. The zero-order chi connectivity index (χ0) is 21.9. The molecule has 0 aliphatic carbocycles. The summed E-state index contributed by atoms with van der Waals surface area (Å²) in [5, 5.41) is 1.94. The van der Waals surface area contributed by atoms with Gasteiger partial charge in [0.15, 0.2) is 11.5 Å². The van der Waals surface area contributed by atoms with Gasteiger partial charge in [0, 0.05) is 13.1 Å². The minimum atomic E-state index is -5.02. The van der Waals surface area contributed by atoms with Crippen molar-refractivity contribution in [1.29, 1.82) is 0 Å². The molecule has 0 bridgehead atoms. The molecule has 1 aliphatic heterocycles. The van der Waals surface area contributed by atoms with Crippen molar-refractivity contribution in [3.8, 4) is 11.5 Å². The Morgan fingerprint density at radius 2 is 1.19 bits per heavy atom. The van der Waals surface area contributed by atoms with Gasteiger partial charge in [0.05, 0.1) is 0 Å². The smallest absolute Gasteiger partial charge is 0.424 e. The fraction of sp³-hybridized carbons (Fsp3) is 0.174. The first-order valence-corrected chi connectivity index (χ1v) is 9.55. The standard InChI is InChI=1S/C23H19F3N2O3/c24-22(25,26)23(30-19-13-7-8-14-20(19)31-23)27-21(29)28(15-17-9-3-1-4-10-17)16-18-11-5-2-6-12-18/h1-14H,15-16H2,(H,27,29). The first kappa shape index (κ1) is 20.6. The zero-order valence-electron chi connectivity index (χ0n) is 16.3. The van der Waals surface area contributed by atoms with Gasteiger partial charge in [0.1, 0.15) is 0 Å². The molecule has 160 valence electrons. The molecule has 1 heterocycles. The number of fused-ring (bicyclic) bond motifs is 1. The molecular formula is C23H19F3N2O3. The molecule has 3 aromatic carbocycles. The van der Waals surface area contributed by atoms with Crippen LogP contribution in [0.25, 0.3) is 0 Å². The largest absolute Gasteiger partial charge is 0.492 e. The second kappa shape index (κ2) is 8.22. The molecule has 0 fully saturated rings. The second-order valence-electron chi connectivity index (χ2n) is 7.02. The number of hydrogen-bond donors (Lipinski definition) is 1. The lowest BCUT2D eigenvalue weighted by molar-refractivity contribution is -0.318. The van der Waals surface area contributed by atoms with Crippen LogP contribution in [0.5, 0.6) is 11.5 Å². The molecule has 0 spiro atoms. The van der Waals surface area contributed by atoms with Crippen molar-refractivity contribution in [1.82, 2.24) is 10.2 Å². The number of halogens is 3. The van der Waals surface area contributed by atoms with Crippen molar-refractivity contribution in [3.63, 3.8) is 0 Å². The maximum Gasteiger partial charge on any atom is 0.492 e. The predicted octanol–water partition coefficient (Wildman–Crippen LogP) is 5.09. The van der Waals surface area contributed by atoms with Crippen LogP contribution in [0.1, 0.15) is 11.1 Å². The summed E-state index contributed by atoms with van der Waals surface area (Å²) in [6, 6.07) is 22.8. The number of amides is 2. The topological polar surface area (TPSA) is 50.8 Å². The van der Waals surface area contributed by atoms with Crippen LogP contribution >= 0.6 is 0 Å². The van der Waals surface area contributed by atoms with E-state index in [0.717, 1.165) is 11.1 Å². The molecule has 0 radical (unpaired) electrons. The lowest BCUT2D eigenvalue weighted by atomic mass is 10.2. The molecule has 1 aliphatic rings. The number of nitrogens with one attached hydrogen (secondary N) is 1. The van der Waals surface area contributed by atoms with Crippen LogP contribution in [0.2, 0.25) is 0 Å². The number of carbonyl (C=O) groups excluding carboxylic acids is 1. The van der Waals surface area contributed by atoms with Crippen LogP contribution in [-0.2, 0) is 13.1 Å². The number of benzene rings is 3. The quantitative estimate of drug-likeness (QED) is 0.616. The number of carbonyl (C=O) groups is 1. The third kappa shape index (κ3) is 4.42. The fourth-order valence-electron chi connectivity index (χ4n) is 3.21. The number of nitrogens with zero attached hydrogens (tertiary/aromatic N) is 1. The summed E-state index contributed by atoms with van der Waals surface area (Å²) in [5.41, 5.74) is 1.54. The predicted molar refractivity (Wildman–Crippen MR) is 107 cm³/mol. The highest BCUT2D eigenvalue weighted by molar-refractivity contribution is 5.75. The Balaban J connectivity index is 1.61. The number of hydrogen-bond acceptors (Lipinski definition) is 3. The van der Waals surface area contributed by atoms with Gasteiger partial charge in [0.2, 0.25) is 0 Å². The zero-order valence-corrected chi connectivity index (χ0v) is 16.3. The molecule has 0 saturated carbocycles. The number of rotatable bonds is 5. The third-order valence-corrected chi connectivity index (χ3v) is 4.72. The lowest BCUT2D eigenvalue weighted by Crippen LogP contribution is -2.66. The Kier molecular flexibility index (Phi) is 5.46. The highest BCUT2D eigenvalue weighted by Gasteiger charge is 2.66. The summed E-state index contributed by atoms with van der Waals surface area (Å²) >= 11 is 0. The van der Waals surface area contributed by atoms with Gasteiger partial charge in [-0.15, -0.1) is 0 Å². The van der Waals surface area contributed by atoms with E-state index >= 15 is 0 Å². The first-order valence-electron chi connectivity index (χ1n) is 9.55. The van der Waals surface area contributed by atoms with E-state index in [1.165, 1.54) is 29.2 Å². The van der Waals surface area contributed by atoms with E-state index in [1.807, 2.05) is 17.4 Å². The fourth-order valence-corrected chi connectivity index (χ4v) is 3.21. The Morgan fingerprint density at radius 1 is 0.774 bits per heavy atom. The molecule has 0 atom stereocenters. The van der Waals surface area contributed by atoms with Crippen LogP contribution in [0.4, 0.5) is 18.0 Å². The summed E-state index contributed by atoms with van der Waals surface area (Å²) in [7, 11) is 0. The number of ether oxygens (including phenoxy) is 2. The molecule has 8 heteroatoms. The van der Waals surface area contributed by atoms with Crippen LogP contribution in [0, 0.1) is 0 Å². The van der Waals surface area contributed by atoms with Gasteiger partial charge >= 0.3 is 18.1 Å². The van der Waals surface area contributed by atoms with Crippen LogP contribution in [0.15, 0.2) is 84.9 Å². The molecule has 3 aromatic rings. The summed E-state index contributed by atoms with van der Waals surface area (Å²) in [6.45, 7) is 0.199. The van der Waals surface area contributed by atoms with E-state index in [2.05, 4.69) is 0 Å². The summed E-state index contributed by atoms with van der Waals surface area (Å²) < 4.78 is 52.1. The summed E-state index contributed by atoms with van der Waals surface area (Å²) in [5.74, 6) is -3.50. The molecule has 0 unspecified atom stereocenters. The minimum Gasteiger partial charge on any atom is -0.424 e. The first-order chi connectivity index (χ1) is 14.9. The van der Waals surface area contributed by atoms with E-state index in [9.17, 15) is 18.0 Å². The normalized spacial score (nSPS) is 14.2. The van der Waals surface area contributed by atoms with Crippen LogP contribution < -0.4 is 14.8 Å². The molecule has 0 saturated heterocycles. The molecule has 5 nitrogen and oxygen atoms in total. The van der Waals surface area contributed by atoms with Gasteiger partial charge in [-0.2, -0.15) is 13.2 Å². The average Bonchev–Trinajstić information content (AvgIpc) is 3.14. The second-order valence-corrected chi connectivity index (χ2v) is 7.02. The molecule has 31 heavy (non-hydrogen) atoms. The average molecular weight is 428 g/mol. The van der Waals surface area contributed by atoms with E-state index in [0.29, 0.717) is 0 Å². The highest BCUT2D eigenvalue weighted by atomic mass is 19.4. The van der Waals surface area contributed by atoms with Crippen molar-refractivity contribution < 1.29 is 27.4 Å². The van der Waals surface area contributed by atoms with E-state index in [-0.39, 0.29) is 24.6 Å². The van der Waals surface area contributed by atoms with Gasteiger partial charge in [-0.05, 0) is 23.3 Å². The minimum absolute atomic E-state index is 0.0993. The van der Waals surface area contributed by atoms with Gasteiger partial charge < -0.3 is 14.4 Å². The SMILES string of the molecule is O=C(NC1(C(F)(F)F)Oc2ccccc2O1)N(Cc1ccccc1)Cc1ccccc1. The van der Waals surface area contributed by atoms with E-state index < -0.39 is 18.1 Å². The third-order valence-electron chi connectivity index (χ3n) is 4.72. The monoisotopic (exact) mass is 428 g/mol. The number of para-hydroxylation sites is 2. The van der Waals surface area contributed by atoms with Crippen LogP contribution in [0.3, 0.4) is 0 Å². The maximum atomic E-state index is 14.0. The van der Waals surface area contributed by atoms with Crippen molar-refractivity contribution >= 4 is 6.03 Å². The molecule has 1 N–H and O–H groups in total. The van der Waals surface area contributed by atoms with Gasteiger partial charge in [-0.25, -0.2) is 4.79 Å². The van der Waals surface area contributed by atoms with E-state index in [1.54, 1.807) is 48.5 Å². The van der Waals surface area contributed by atoms with Crippen molar-refractivity contribution in [2.75, 3.05) is 0 Å². The Labute approximate surface area is 177 Å². The molecule has 0 aromatic heterocycles. The maximum absolute atomic E-state index is 14.0. The summed E-state index contributed by atoms with van der Waals surface area (Å²) in [6.07, 6.45) is -5.02. The molecule has 4 rings (SSSR count). The molecular weight excluding hydrogens is 409 g/mol. The highest BCUT2D eigenvalue weighted by Crippen LogP contribution is 2.45. The van der Waals surface area contributed by atoms with Crippen molar-refractivity contribution in [2.45, 2.75) is 25.2 Å². The van der Waals surface area contributed by atoms with Crippen molar-refractivity contribution in [2.24, 2.45) is 0 Å². The Bertz CT molecular complexity index is 976. The van der Waals surface area contributed by atoms with Gasteiger partial charge in [0.25, 0.3) is 0 Å². The Hall–Kier alpha value is -3.68. The van der Waals surface area contributed by atoms with E-state index in [4.69, 9.17) is 9.47 Å². The van der Waals surface area contributed by atoms with Crippen molar-refractivity contribution in [3.05, 3.63) is 96.1 Å². The number of alkyl halides is 3.